The largest absolute Gasteiger partial charge is 0.444 e. The van der Waals surface area contributed by atoms with Crippen LogP contribution in [0.4, 0.5) is 18.0 Å². The highest BCUT2D eigenvalue weighted by atomic mass is 19.4. The summed E-state index contributed by atoms with van der Waals surface area (Å²) in [5.74, 6) is 0. The number of nitrogens with one attached hydrogen (secondary N) is 1. The van der Waals surface area contributed by atoms with Crippen LogP contribution in [0, 0.1) is 6.92 Å². The number of ether oxygens (including phenoxy) is 1. The van der Waals surface area contributed by atoms with Crippen molar-refractivity contribution in [2.24, 2.45) is 0 Å². The fraction of sp³-hybridized carbons (Fsp3) is 0.533. The molecule has 1 atom stereocenters. The van der Waals surface area contributed by atoms with Crippen LogP contribution in [0.3, 0.4) is 0 Å². The lowest BCUT2D eigenvalue weighted by molar-refractivity contribution is -0.138. The third-order valence-electron chi connectivity index (χ3n) is 2.88. The van der Waals surface area contributed by atoms with E-state index in [1.54, 1.807) is 33.8 Å². The van der Waals surface area contributed by atoms with Crippen molar-refractivity contribution < 1.29 is 22.7 Å². The van der Waals surface area contributed by atoms with Gasteiger partial charge in [-0.3, -0.25) is 0 Å². The van der Waals surface area contributed by atoms with Crippen LogP contribution >= 0.6 is 0 Å². The molecule has 0 spiro atoms. The first-order chi connectivity index (χ1) is 9.42. The SMILES string of the molecule is Cc1c([C@@H](C)NC(=O)OC(C)(C)C)cccc1C(F)(F)F. The van der Waals surface area contributed by atoms with Crippen LogP contribution in [0.15, 0.2) is 18.2 Å². The first-order valence-electron chi connectivity index (χ1n) is 6.58. The Kier molecular flexibility index (Phi) is 4.91. The van der Waals surface area contributed by atoms with Crippen LogP contribution in [-0.2, 0) is 10.9 Å². The minimum absolute atomic E-state index is 0.105. The van der Waals surface area contributed by atoms with Crippen molar-refractivity contribution in [3.05, 3.63) is 34.9 Å². The molecule has 0 aliphatic heterocycles. The van der Waals surface area contributed by atoms with Gasteiger partial charge in [-0.25, -0.2) is 4.79 Å². The van der Waals surface area contributed by atoms with Crippen molar-refractivity contribution in [2.45, 2.75) is 52.4 Å². The number of amides is 1. The van der Waals surface area contributed by atoms with E-state index in [4.69, 9.17) is 4.74 Å². The number of carbonyl (C=O) groups excluding carboxylic acids is 1. The number of hydrogen-bond donors (Lipinski definition) is 1. The summed E-state index contributed by atoms with van der Waals surface area (Å²) in [6.07, 6.45) is -5.07. The van der Waals surface area contributed by atoms with Gasteiger partial charge in [-0.2, -0.15) is 13.2 Å². The molecule has 0 radical (unpaired) electrons. The monoisotopic (exact) mass is 303 g/mol. The zero-order chi connectivity index (χ0) is 16.4. The van der Waals surface area contributed by atoms with Crippen molar-refractivity contribution >= 4 is 6.09 Å². The molecule has 1 rings (SSSR count). The molecule has 1 N–H and O–H groups in total. The smallest absolute Gasteiger partial charge is 0.416 e. The molecule has 1 amide bonds. The number of alkyl halides is 3. The van der Waals surface area contributed by atoms with Crippen molar-refractivity contribution in [1.82, 2.24) is 5.32 Å². The Morgan fingerprint density at radius 3 is 2.29 bits per heavy atom. The van der Waals surface area contributed by atoms with E-state index in [9.17, 15) is 18.0 Å². The summed E-state index contributed by atoms with van der Waals surface area (Å²) in [6.45, 7) is 8.16. The Morgan fingerprint density at radius 1 is 1.24 bits per heavy atom. The first-order valence-corrected chi connectivity index (χ1v) is 6.58. The molecule has 118 valence electrons. The molecule has 0 aromatic heterocycles. The molecule has 0 bridgehead atoms. The summed E-state index contributed by atoms with van der Waals surface area (Å²) < 4.78 is 43.7. The van der Waals surface area contributed by atoms with Gasteiger partial charge in [-0.1, -0.05) is 12.1 Å². The number of benzene rings is 1. The molecule has 0 unspecified atom stereocenters. The third-order valence-corrected chi connectivity index (χ3v) is 2.88. The number of alkyl carbamates (subject to hydrolysis) is 1. The third kappa shape index (κ3) is 4.95. The fourth-order valence-corrected chi connectivity index (χ4v) is 1.99. The minimum Gasteiger partial charge on any atom is -0.444 e. The second kappa shape index (κ2) is 5.95. The Labute approximate surface area is 122 Å². The number of rotatable bonds is 2. The van der Waals surface area contributed by atoms with E-state index >= 15 is 0 Å². The maximum Gasteiger partial charge on any atom is 0.416 e. The van der Waals surface area contributed by atoms with Gasteiger partial charge in [-0.15, -0.1) is 0 Å². The highest BCUT2D eigenvalue weighted by Crippen LogP contribution is 2.34. The van der Waals surface area contributed by atoms with E-state index in [1.165, 1.54) is 13.0 Å². The predicted octanol–water partition coefficient (Wildman–Crippen LogP) is 4.60. The lowest BCUT2D eigenvalue weighted by atomic mass is 9.97. The number of hydrogen-bond acceptors (Lipinski definition) is 2. The molecule has 3 nitrogen and oxygen atoms in total. The van der Waals surface area contributed by atoms with Gasteiger partial charge < -0.3 is 10.1 Å². The summed E-state index contributed by atoms with van der Waals surface area (Å²) in [5, 5.41) is 2.54. The highest BCUT2D eigenvalue weighted by molar-refractivity contribution is 5.68. The summed E-state index contributed by atoms with van der Waals surface area (Å²) >= 11 is 0. The minimum atomic E-state index is -4.41. The molecular formula is C15H20F3NO2. The van der Waals surface area contributed by atoms with Crippen LogP contribution in [0.1, 0.15) is 50.4 Å². The number of halogens is 3. The van der Waals surface area contributed by atoms with Gasteiger partial charge in [0.05, 0.1) is 11.6 Å². The molecule has 1 aromatic carbocycles. The van der Waals surface area contributed by atoms with E-state index in [1.807, 2.05) is 0 Å². The molecule has 0 aliphatic rings. The van der Waals surface area contributed by atoms with Crippen LogP contribution in [-0.4, -0.2) is 11.7 Å². The Bertz CT molecular complexity index is 519. The van der Waals surface area contributed by atoms with E-state index in [0.29, 0.717) is 5.56 Å². The lowest BCUT2D eigenvalue weighted by Gasteiger charge is -2.23. The number of carbonyl (C=O) groups is 1. The van der Waals surface area contributed by atoms with Gasteiger partial charge >= 0.3 is 12.3 Å². The van der Waals surface area contributed by atoms with Crippen molar-refractivity contribution in [3.63, 3.8) is 0 Å². The van der Waals surface area contributed by atoms with Gasteiger partial charge in [0.1, 0.15) is 5.60 Å². The molecule has 0 aliphatic carbocycles. The van der Waals surface area contributed by atoms with E-state index in [0.717, 1.165) is 6.07 Å². The van der Waals surface area contributed by atoms with Crippen LogP contribution < -0.4 is 5.32 Å². The molecule has 1 aromatic rings. The van der Waals surface area contributed by atoms with Gasteiger partial charge in [-0.05, 0) is 51.8 Å². The molecular weight excluding hydrogens is 283 g/mol. The fourth-order valence-electron chi connectivity index (χ4n) is 1.99. The molecule has 0 saturated carbocycles. The van der Waals surface area contributed by atoms with Gasteiger partial charge in [0.2, 0.25) is 0 Å². The van der Waals surface area contributed by atoms with Crippen LogP contribution in [0.25, 0.3) is 0 Å². The van der Waals surface area contributed by atoms with Gasteiger partial charge in [0, 0.05) is 0 Å². The summed E-state index contributed by atoms with van der Waals surface area (Å²) in [6, 6.07) is 3.34. The summed E-state index contributed by atoms with van der Waals surface area (Å²) in [7, 11) is 0. The average Bonchev–Trinajstić information content (AvgIpc) is 2.24. The lowest BCUT2D eigenvalue weighted by Crippen LogP contribution is -2.34. The van der Waals surface area contributed by atoms with Crippen LogP contribution in [0.2, 0.25) is 0 Å². The standard InChI is InChI=1S/C15H20F3NO2/c1-9-11(7-6-8-12(9)15(16,17)18)10(2)19-13(20)21-14(3,4)5/h6-8,10H,1-5H3,(H,19,20)/t10-/m1/s1. The Balaban J connectivity index is 2.94. The second-order valence-electron chi connectivity index (χ2n) is 5.89. The summed E-state index contributed by atoms with van der Waals surface area (Å²) in [4.78, 5) is 11.7. The zero-order valence-electron chi connectivity index (χ0n) is 12.8. The zero-order valence-corrected chi connectivity index (χ0v) is 12.8. The maximum atomic E-state index is 12.9. The van der Waals surface area contributed by atoms with Gasteiger partial charge in [0.15, 0.2) is 0 Å². The Hall–Kier alpha value is -1.72. The Morgan fingerprint density at radius 2 is 1.81 bits per heavy atom. The van der Waals surface area contributed by atoms with Crippen LogP contribution in [0.5, 0.6) is 0 Å². The van der Waals surface area contributed by atoms with E-state index in [-0.39, 0.29) is 5.56 Å². The maximum absolute atomic E-state index is 12.9. The quantitative estimate of drug-likeness (QED) is 0.867. The first kappa shape index (κ1) is 17.3. The second-order valence-corrected chi connectivity index (χ2v) is 5.89. The van der Waals surface area contributed by atoms with E-state index in [2.05, 4.69) is 5.32 Å². The van der Waals surface area contributed by atoms with Crippen molar-refractivity contribution in [3.8, 4) is 0 Å². The van der Waals surface area contributed by atoms with Gasteiger partial charge in [0.25, 0.3) is 0 Å². The highest BCUT2D eigenvalue weighted by Gasteiger charge is 2.33. The predicted molar refractivity (Wildman–Crippen MR) is 74.0 cm³/mol. The molecule has 6 heteroatoms. The summed E-state index contributed by atoms with van der Waals surface area (Å²) in [5.41, 5.74) is -0.839. The average molecular weight is 303 g/mol. The van der Waals surface area contributed by atoms with E-state index < -0.39 is 29.5 Å². The molecule has 0 saturated heterocycles. The molecule has 21 heavy (non-hydrogen) atoms. The van der Waals surface area contributed by atoms with Crippen molar-refractivity contribution in [2.75, 3.05) is 0 Å². The molecule has 0 fully saturated rings. The topological polar surface area (TPSA) is 38.3 Å². The van der Waals surface area contributed by atoms with Crippen molar-refractivity contribution in [1.29, 1.82) is 0 Å². The molecule has 0 heterocycles. The normalized spacial score (nSPS) is 13.7.